The van der Waals surface area contributed by atoms with Crippen molar-refractivity contribution >= 4 is 11.9 Å². The van der Waals surface area contributed by atoms with E-state index in [1.807, 2.05) is 0 Å². The van der Waals surface area contributed by atoms with Crippen LogP contribution in [0, 0.1) is 0 Å². The fourth-order valence-corrected chi connectivity index (χ4v) is 2.20. The molecular weight excluding hydrogens is 310 g/mol. The molecule has 0 heterocycles. The number of nitrogens with one attached hydrogen (secondary N) is 1. The van der Waals surface area contributed by atoms with Crippen LogP contribution in [0.3, 0.4) is 0 Å². The molecule has 126 valence electrons. The summed E-state index contributed by atoms with van der Waals surface area (Å²) in [5.74, 6) is -0.588. The van der Waals surface area contributed by atoms with Crippen LogP contribution in [-0.4, -0.2) is 37.2 Å². The monoisotopic (exact) mass is 329 g/mol. The summed E-state index contributed by atoms with van der Waals surface area (Å²) in [5, 5.41) is 13.0. The fourth-order valence-electron chi connectivity index (χ4n) is 2.20. The standard InChI is InChI=1S/C18H19NO5/c1-23-14-10-8-12(9-11-14)16(20)15(18(22)24-2)19-17(21)13-6-4-3-5-7-13/h3-11,15-16,20H,1-2H3,(H,19,21)/t15-,16-/m1/s1. The van der Waals surface area contributed by atoms with Gasteiger partial charge in [-0.25, -0.2) is 4.79 Å². The smallest absolute Gasteiger partial charge is 0.331 e. The number of carbonyl (C=O) groups excluding carboxylic acids is 2. The second-order valence-corrected chi connectivity index (χ2v) is 5.06. The maximum absolute atomic E-state index is 12.3. The lowest BCUT2D eigenvalue weighted by Gasteiger charge is -2.22. The summed E-state index contributed by atoms with van der Waals surface area (Å²) in [7, 11) is 2.73. The van der Waals surface area contributed by atoms with Crippen molar-refractivity contribution in [2.24, 2.45) is 0 Å². The van der Waals surface area contributed by atoms with E-state index in [0.29, 0.717) is 16.9 Å². The van der Waals surface area contributed by atoms with E-state index >= 15 is 0 Å². The number of ether oxygens (including phenoxy) is 2. The molecule has 0 saturated heterocycles. The molecule has 2 aromatic rings. The van der Waals surface area contributed by atoms with E-state index in [1.165, 1.54) is 14.2 Å². The number of benzene rings is 2. The van der Waals surface area contributed by atoms with Crippen LogP contribution in [0.4, 0.5) is 0 Å². The minimum Gasteiger partial charge on any atom is -0.497 e. The number of rotatable bonds is 6. The minimum absolute atomic E-state index is 0.383. The molecule has 2 atom stereocenters. The zero-order valence-corrected chi connectivity index (χ0v) is 13.4. The Bertz CT molecular complexity index is 684. The summed E-state index contributed by atoms with van der Waals surface area (Å²) < 4.78 is 9.76. The van der Waals surface area contributed by atoms with E-state index in [0.717, 1.165) is 0 Å². The highest BCUT2D eigenvalue weighted by atomic mass is 16.5. The third kappa shape index (κ3) is 4.11. The Balaban J connectivity index is 2.20. The van der Waals surface area contributed by atoms with Crippen LogP contribution in [0.15, 0.2) is 54.6 Å². The van der Waals surface area contributed by atoms with Crippen molar-refractivity contribution in [3.63, 3.8) is 0 Å². The van der Waals surface area contributed by atoms with Crippen LogP contribution >= 0.6 is 0 Å². The summed E-state index contributed by atoms with van der Waals surface area (Å²) in [6, 6.07) is 13.8. The lowest BCUT2D eigenvalue weighted by Crippen LogP contribution is -2.45. The number of hydrogen-bond acceptors (Lipinski definition) is 5. The van der Waals surface area contributed by atoms with E-state index in [2.05, 4.69) is 5.32 Å². The van der Waals surface area contributed by atoms with Crippen LogP contribution in [0.2, 0.25) is 0 Å². The van der Waals surface area contributed by atoms with Gasteiger partial charge in [0.2, 0.25) is 0 Å². The number of hydrogen-bond donors (Lipinski definition) is 2. The molecule has 0 aliphatic carbocycles. The summed E-state index contributed by atoms with van der Waals surface area (Å²) in [6.45, 7) is 0. The van der Waals surface area contributed by atoms with Gasteiger partial charge in [0.1, 0.15) is 11.9 Å². The van der Waals surface area contributed by atoms with Gasteiger partial charge in [-0.05, 0) is 29.8 Å². The highest BCUT2D eigenvalue weighted by molar-refractivity contribution is 5.96. The number of aliphatic hydroxyl groups is 1. The Morgan fingerprint density at radius 3 is 2.17 bits per heavy atom. The molecule has 2 aromatic carbocycles. The molecule has 0 saturated carbocycles. The number of methoxy groups -OCH3 is 2. The Morgan fingerprint density at radius 2 is 1.62 bits per heavy atom. The highest BCUT2D eigenvalue weighted by Gasteiger charge is 2.31. The van der Waals surface area contributed by atoms with Crippen molar-refractivity contribution < 1.29 is 24.2 Å². The molecule has 0 unspecified atom stereocenters. The number of esters is 1. The molecule has 6 heteroatoms. The molecule has 0 aliphatic heterocycles. The molecule has 2 rings (SSSR count). The van der Waals surface area contributed by atoms with Crippen LogP contribution < -0.4 is 10.1 Å². The average molecular weight is 329 g/mol. The Morgan fingerprint density at radius 1 is 1.00 bits per heavy atom. The molecule has 0 spiro atoms. The molecule has 0 fully saturated rings. The Labute approximate surface area is 140 Å². The summed E-state index contributed by atoms with van der Waals surface area (Å²) >= 11 is 0. The fraction of sp³-hybridized carbons (Fsp3) is 0.222. The van der Waals surface area contributed by atoms with Gasteiger partial charge in [0.25, 0.3) is 5.91 Å². The van der Waals surface area contributed by atoms with Gasteiger partial charge in [0.15, 0.2) is 6.04 Å². The van der Waals surface area contributed by atoms with Crippen molar-refractivity contribution in [1.29, 1.82) is 0 Å². The van der Waals surface area contributed by atoms with E-state index in [-0.39, 0.29) is 0 Å². The molecule has 6 nitrogen and oxygen atoms in total. The van der Waals surface area contributed by atoms with Gasteiger partial charge >= 0.3 is 5.97 Å². The number of aliphatic hydroxyl groups excluding tert-OH is 1. The minimum atomic E-state index is -1.25. The lowest BCUT2D eigenvalue weighted by molar-refractivity contribution is -0.146. The van der Waals surface area contributed by atoms with E-state index in [4.69, 9.17) is 9.47 Å². The van der Waals surface area contributed by atoms with Crippen molar-refractivity contribution in [3.05, 3.63) is 65.7 Å². The van der Waals surface area contributed by atoms with Crippen molar-refractivity contribution in [2.75, 3.05) is 14.2 Å². The van der Waals surface area contributed by atoms with Crippen LogP contribution in [-0.2, 0) is 9.53 Å². The first-order chi connectivity index (χ1) is 11.6. The predicted molar refractivity (Wildman–Crippen MR) is 87.7 cm³/mol. The first-order valence-corrected chi connectivity index (χ1v) is 7.32. The summed E-state index contributed by atoms with van der Waals surface area (Å²) in [5.41, 5.74) is 0.841. The van der Waals surface area contributed by atoms with Crippen molar-refractivity contribution in [2.45, 2.75) is 12.1 Å². The van der Waals surface area contributed by atoms with Gasteiger partial charge in [0, 0.05) is 5.56 Å². The van der Waals surface area contributed by atoms with E-state index in [9.17, 15) is 14.7 Å². The summed E-state index contributed by atoms with van der Waals surface area (Å²) in [6.07, 6.45) is -1.25. The van der Waals surface area contributed by atoms with Crippen LogP contribution in [0.1, 0.15) is 22.0 Å². The molecule has 0 radical (unpaired) electrons. The van der Waals surface area contributed by atoms with Gasteiger partial charge in [-0.1, -0.05) is 30.3 Å². The SMILES string of the molecule is COC(=O)[C@H](NC(=O)c1ccccc1)[C@H](O)c1ccc(OC)cc1. The van der Waals surface area contributed by atoms with Crippen molar-refractivity contribution in [3.8, 4) is 5.75 Å². The van der Waals surface area contributed by atoms with Crippen LogP contribution in [0.5, 0.6) is 5.75 Å². The molecule has 0 aliphatic rings. The molecule has 0 aromatic heterocycles. The highest BCUT2D eigenvalue weighted by Crippen LogP contribution is 2.21. The first kappa shape index (κ1) is 17.5. The average Bonchev–Trinajstić information content (AvgIpc) is 2.65. The Kier molecular flexibility index (Phi) is 5.92. The second kappa shape index (κ2) is 8.12. The first-order valence-electron chi connectivity index (χ1n) is 7.32. The van der Waals surface area contributed by atoms with Crippen molar-refractivity contribution in [1.82, 2.24) is 5.32 Å². The van der Waals surface area contributed by atoms with Gasteiger partial charge < -0.3 is 19.9 Å². The number of carbonyl (C=O) groups is 2. The predicted octanol–water partition coefficient (Wildman–Crippen LogP) is 1.70. The third-order valence-corrected chi connectivity index (χ3v) is 3.55. The quantitative estimate of drug-likeness (QED) is 0.788. The Hall–Kier alpha value is -2.86. The normalized spacial score (nSPS) is 12.8. The van der Waals surface area contributed by atoms with E-state index < -0.39 is 24.0 Å². The second-order valence-electron chi connectivity index (χ2n) is 5.06. The molecule has 1 amide bonds. The maximum atomic E-state index is 12.3. The van der Waals surface area contributed by atoms with Crippen LogP contribution in [0.25, 0.3) is 0 Å². The zero-order chi connectivity index (χ0) is 17.5. The lowest BCUT2D eigenvalue weighted by atomic mass is 10.0. The number of amides is 1. The molecule has 24 heavy (non-hydrogen) atoms. The zero-order valence-electron chi connectivity index (χ0n) is 13.4. The van der Waals surface area contributed by atoms with Gasteiger partial charge in [0.05, 0.1) is 14.2 Å². The molecule has 2 N–H and O–H groups in total. The summed E-state index contributed by atoms with van der Waals surface area (Å²) in [4.78, 5) is 24.3. The maximum Gasteiger partial charge on any atom is 0.331 e. The molecular formula is C18H19NO5. The largest absolute Gasteiger partial charge is 0.497 e. The topological polar surface area (TPSA) is 84.9 Å². The van der Waals surface area contributed by atoms with Gasteiger partial charge in [-0.2, -0.15) is 0 Å². The molecule has 0 bridgehead atoms. The van der Waals surface area contributed by atoms with Gasteiger partial charge in [-0.3, -0.25) is 4.79 Å². The van der Waals surface area contributed by atoms with E-state index in [1.54, 1.807) is 54.6 Å². The third-order valence-electron chi connectivity index (χ3n) is 3.55. The van der Waals surface area contributed by atoms with Gasteiger partial charge in [-0.15, -0.1) is 0 Å².